The van der Waals surface area contributed by atoms with Gasteiger partial charge in [-0.25, -0.2) is 0 Å². The fourth-order valence-electron chi connectivity index (χ4n) is 2.29. The summed E-state index contributed by atoms with van der Waals surface area (Å²) in [7, 11) is 9.07. The van der Waals surface area contributed by atoms with Gasteiger partial charge in [-0.05, 0) is 45.7 Å². The lowest BCUT2D eigenvalue weighted by atomic mass is 9.95. The molecular weight excluding hydrogens is 296 g/mol. The molecule has 1 aliphatic carbocycles. The summed E-state index contributed by atoms with van der Waals surface area (Å²) < 4.78 is 2.30. The second kappa shape index (κ2) is 6.76. The molecule has 1 fully saturated rings. The predicted octanol–water partition coefficient (Wildman–Crippen LogP) is 2.39. The Bertz CT molecular complexity index is 558. The molecule has 1 heterocycles. The zero-order chi connectivity index (χ0) is 13.8. The molecule has 1 aromatic rings. The summed E-state index contributed by atoms with van der Waals surface area (Å²) in [4.78, 5) is 12.9. The molecule has 0 spiro atoms. The molecule has 0 amide bonds. The van der Waals surface area contributed by atoms with Crippen molar-refractivity contribution >= 4 is 38.0 Å². The molecule has 0 unspecified atom stereocenters. The second-order valence-corrected chi connectivity index (χ2v) is 7.33. The number of nitrogens with zero attached hydrogens (tertiary/aromatic N) is 4. The summed E-state index contributed by atoms with van der Waals surface area (Å²) in [6.45, 7) is 0. The Balaban J connectivity index is 2.45. The number of hydrogen-bond acceptors (Lipinski definition) is 4. The van der Waals surface area contributed by atoms with Crippen LogP contribution in [0.3, 0.4) is 0 Å². The Hall–Kier alpha value is -0.530. The van der Waals surface area contributed by atoms with Crippen LogP contribution < -0.4 is 9.60 Å². The van der Waals surface area contributed by atoms with E-state index in [4.69, 9.17) is 12.2 Å². The van der Waals surface area contributed by atoms with Gasteiger partial charge >= 0.3 is 0 Å². The van der Waals surface area contributed by atoms with Gasteiger partial charge in [-0.2, -0.15) is 4.99 Å². The van der Waals surface area contributed by atoms with Crippen LogP contribution in [0.25, 0.3) is 0 Å². The van der Waals surface area contributed by atoms with Crippen LogP contribution in [0.2, 0.25) is 0 Å². The third kappa shape index (κ3) is 3.52. The van der Waals surface area contributed by atoms with Crippen molar-refractivity contribution < 1.29 is 0 Å². The van der Waals surface area contributed by atoms with Crippen molar-refractivity contribution in [2.45, 2.75) is 38.1 Å². The van der Waals surface area contributed by atoms with Gasteiger partial charge in [0, 0.05) is 27.2 Å². The molecule has 7 heteroatoms. The van der Waals surface area contributed by atoms with Crippen LogP contribution in [0.15, 0.2) is 9.98 Å². The van der Waals surface area contributed by atoms with Gasteiger partial charge in [0.15, 0.2) is 9.91 Å². The third-order valence-corrected chi connectivity index (χ3v) is 5.96. The third-order valence-electron chi connectivity index (χ3n) is 3.31. The van der Waals surface area contributed by atoms with Crippen molar-refractivity contribution in [1.29, 1.82) is 0 Å². The molecule has 0 aliphatic heterocycles. The monoisotopic (exact) mass is 316 g/mol. The Kier molecular flexibility index (Phi) is 5.29. The molecule has 0 saturated heterocycles. The van der Waals surface area contributed by atoms with Crippen molar-refractivity contribution in [2.75, 3.05) is 21.1 Å². The SMILES string of the molecule is CN=c1ss/c(=N/C(=S)N(C)C)n1C1CCCCC1. The van der Waals surface area contributed by atoms with Gasteiger partial charge in [0.1, 0.15) is 0 Å². The number of aromatic nitrogens is 1. The van der Waals surface area contributed by atoms with Gasteiger partial charge in [0.2, 0.25) is 4.80 Å². The van der Waals surface area contributed by atoms with Crippen molar-refractivity contribution in [2.24, 2.45) is 9.98 Å². The van der Waals surface area contributed by atoms with E-state index in [0.717, 1.165) is 9.60 Å². The highest BCUT2D eigenvalue weighted by Gasteiger charge is 2.18. The summed E-state index contributed by atoms with van der Waals surface area (Å²) in [5.74, 6) is 0. The Morgan fingerprint density at radius 1 is 1.21 bits per heavy atom. The molecule has 4 nitrogen and oxygen atoms in total. The van der Waals surface area contributed by atoms with Crippen LogP contribution in [-0.4, -0.2) is 35.7 Å². The standard InChI is InChI=1S/C12H20N4S3/c1-13-11-16(9-7-5-4-6-8-9)12(19-18-11)14-10(17)15(2)3/h9H,4-8H2,1-3H3/b13-11?,14-12+. The average molecular weight is 317 g/mol. The highest BCUT2D eigenvalue weighted by Crippen LogP contribution is 2.26. The van der Waals surface area contributed by atoms with E-state index in [-0.39, 0.29) is 0 Å². The molecule has 0 radical (unpaired) electrons. The molecule has 2 rings (SSSR count). The Morgan fingerprint density at radius 3 is 2.42 bits per heavy atom. The van der Waals surface area contributed by atoms with Gasteiger partial charge < -0.3 is 4.90 Å². The van der Waals surface area contributed by atoms with Gasteiger partial charge in [-0.15, -0.1) is 0 Å². The molecule has 106 valence electrons. The first-order chi connectivity index (χ1) is 9.13. The minimum absolute atomic E-state index is 0.540. The molecule has 0 bridgehead atoms. The van der Waals surface area contributed by atoms with Crippen molar-refractivity contribution in [3.63, 3.8) is 0 Å². The first-order valence-corrected chi connectivity index (χ1v) is 9.10. The van der Waals surface area contributed by atoms with E-state index in [1.807, 2.05) is 26.0 Å². The largest absolute Gasteiger partial charge is 0.353 e. The maximum atomic E-state index is 5.29. The average Bonchev–Trinajstić information content (AvgIpc) is 2.82. The number of thiocarbonyl (C=S) groups is 1. The van der Waals surface area contributed by atoms with Crippen molar-refractivity contribution in [1.82, 2.24) is 9.47 Å². The van der Waals surface area contributed by atoms with E-state index in [2.05, 4.69) is 14.6 Å². The quantitative estimate of drug-likeness (QED) is 0.589. The Morgan fingerprint density at radius 2 is 1.84 bits per heavy atom. The first kappa shape index (κ1) is 14.9. The summed E-state index contributed by atoms with van der Waals surface area (Å²) in [5.41, 5.74) is 0. The van der Waals surface area contributed by atoms with E-state index in [1.54, 1.807) is 20.7 Å². The second-order valence-electron chi connectivity index (χ2n) is 4.91. The molecule has 1 saturated carbocycles. The van der Waals surface area contributed by atoms with E-state index < -0.39 is 0 Å². The minimum Gasteiger partial charge on any atom is -0.353 e. The van der Waals surface area contributed by atoms with Crippen LogP contribution >= 0.6 is 32.9 Å². The smallest absolute Gasteiger partial charge is 0.204 e. The van der Waals surface area contributed by atoms with Crippen LogP contribution in [-0.2, 0) is 0 Å². The molecule has 19 heavy (non-hydrogen) atoms. The fourth-order valence-corrected chi connectivity index (χ4v) is 4.73. The summed E-state index contributed by atoms with van der Waals surface area (Å²) in [5, 5.41) is 0.626. The van der Waals surface area contributed by atoms with Crippen LogP contribution in [0.1, 0.15) is 38.1 Å². The van der Waals surface area contributed by atoms with Crippen LogP contribution in [0.4, 0.5) is 0 Å². The first-order valence-electron chi connectivity index (χ1n) is 6.54. The van der Waals surface area contributed by atoms with Gasteiger partial charge in [0.05, 0.1) is 0 Å². The van der Waals surface area contributed by atoms with Crippen molar-refractivity contribution in [3.8, 4) is 0 Å². The summed E-state index contributed by atoms with van der Waals surface area (Å²) in [6, 6.07) is 0.540. The zero-order valence-electron chi connectivity index (χ0n) is 11.6. The highest BCUT2D eigenvalue weighted by atomic mass is 32.9. The molecule has 1 aliphatic rings. The summed E-state index contributed by atoms with van der Waals surface area (Å²) >= 11 is 5.29. The van der Waals surface area contributed by atoms with E-state index in [1.165, 1.54) is 32.1 Å². The number of hydrogen-bond donors (Lipinski definition) is 0. The molecule has 0 N–H and O–H groups in total. The van der Waals surface area contributed by atoms with Gasteiger partial charge in [-0.1, -0.05) is 19.3 Å². The molecule has 0 aromatic carbocycles. The summed E-state index contributed by atoms with van der Waals surface area (Å²) in [6.07, 6.45) is 6.42. The zero-order valence-corrected chi connectivity index (χ0v) is 14.1. The maximum Gasteiger partial charge on any atom is 0.204 e. The number of rotatable bonds is 1. The van der Waals surface area contributed by atoms with E-state index in [9.17, 15) is 0 Å². The fraction of sp³-hybridized carbons (Fsp3) is 0.750. The predicted molar refractivity (Wildman–Crippen MR) is 85.6 cm³/mol. The van der Waals surface area contributed by atoms with E-state index >= 15 is 0 Å². The minimum atomic E-state index is 0.540. The molecular formula is C12H20N4S3. The van der Waals surface area contributed by atoms with Crippen molar-refractivity contribution in [3.05, 3.63) is 9.60 Å². The van der Waals surface area contributed by atoms with Crippen LogP contribution in [0.5, 0.6) is 0 Å². The van der Waals surface area contributed by atoms with Gasteiger partial charge in [-0.3, -0.25) is 9.56 Å². The highest BCUT2D eigenvalue weighted by molar-refractivity contribution is 7.80. The lowest BCUT2D eigenvalue weighted by Crippen LogP contribution is -2.33. The lowest BCUT2D eigenvalue weighted by Gasteiger charge is -2.22. The van der Waals surface area contributed by atoms with E-state index in [0.29, 0.717) is 11.2 Å². The maximum absolute atomic E-state index is 5.29. The topological polar surface area (TPSA) is 32.9 Å². The molecule has 1 aromatic heterocycles. The molecule has 0 atom stereocenters. The Labute approximate surface area is 126 Å². The van der Waals surface area contributed by atoms with Crippen LogP contribution in [0, 0.1) is 0 Å². The lowest BCUT2D eigenvalue weighted by molar-refractivity contribution is 0.342. The van der Waals surface area contributed by atoms with Gasteiger partial charge in [0.25, 0.3) is 0 Å². The normalized spacial score (nSPS) is 18.9.